The quantitative estimate of drug-likeness (QED) is 0.799. The second-order valence-corrected chi connectivity index (χ2v) is 6.40. The summed E-state index contributed by atoms with van der Waals surface area (Å²) in [4.78, 5) is 0. The second kappa shape index (κ2) is 7.39. The summed E-state index contributed by atoms with van der Waals surface area (Å²) in [5.41, 5.74) is 0.837. The number of rotatable bonds is 6. The predicted octanol–water partition coefficient (Wildman–Crippen LogP) is 4.69. The van der Waals surface area contributed by atoms with Gasteiger partial charge in [0.1, 0.15) is 5.82 Å². The highest BCUT2D eigenvalue weighted by Gasteiger charge is 2.24. The largest absolute Gasteiger partial charge is 0.314 e. The monoisotopic (exact) mass is 327 g/mol. The Kier molecular flexibility index (Phi) is 5.83. The molecule has 1 saturated carbocycles. The van der Waals surface area contributed by atoms with Crippen molar-refractivity contribution in [1.82, 2.24) is 5.32 Å². The lowest BCUT2D eigenvalue weighted by Crippen LogP contribution is -2.35. The zero-order valence-electron chi connectivity index (χ0n) is 11.6. The molecule has 1 aromatic rings. The Morgan fingerprint density at radius 3 is 2.74 bits per heavy atom. The Hall–Kier alpha value is -0.410. The van der Waals surface area contributed by atoms with Gasteiger partial charge in [0.05, 0.1) is 0 Å². The van der Waals surface area contributed by atoms with Crippen LogP contribution in [-0.2, 0) is 6.42 Å². The van der Waals surface area contributed by atoms with Crippen molar-refractivity contribution in [3.8, 4) is 0 Å². The minimum atomic E-state index is -0.0870. The van der Waals surface area contributed by atoms with Crippen LogP contribution < -0.4 is 5.32 Å². The molecule has 1 aromatic carbocycles. The van der Waals surface area contributed by atoms with E-state index in [1.165, 1.54) is 25.7 Å². The van der Waals surface area contributed by atoms with E-state index >= 15 is 0 Å². The summed E-state index contributed by atoms with van der Waals surface area (Å²) < 4.78 is 14.6. The van der Waals surface area contributed by atoms with Gasteiger partial charge < -0.3 is 5.32 Å². The van der Waals surface area contributed by atoms with Crippen molar-refractivity contribution >= 4 is 15.9 Å². The number of halogens is 2. The van der Waals surface area contributed by atoms with Crippen molar-refractivity contribution in [1.29, 1.82) is 0 Å². The SMILES string of the molecule is CCNC(CCc1ccc(Br)cc1F)C1CCCC1. The van der Waals surface area contributed by atoms with E-state index < -0.39 is 0 Å². The molecular formula is C16H23BrFN. The number of aryl methyl sites for hydroxylation is 1. The molecule has 2 rings (SSSR count). The van der Waals surface area contributed by atoms with Crippen LogP contribution in [0, 0.1) is 11.7 Å². The molecule has 0 heterocycles. The van der Waals surface area contributed by atoms with Crippen LogP contribution in [-0.4, -0.2) is 12.6 Å². The van der Waals surface area contributed by atoms with Gasteiger partial charge in [-0.15, -0.1) is 0 Å². The van der Waals surface area contributed by atoms with E-state index in [1.54, 1.807) is 6.07 Å². The van der Waals surface area contributed by atoms with Gasteiger partial charge in [-0.1, -0.05) is 41.8 Å². The zero-order valence-corrected chi connectivity index (χ0v) is 13.2. The van der Waals surface area contributed by atoms with Crippen molar-refractivity contribution < 1.29 is 4.39 Å². The van der Waals surface area contributed by atoms with Crippen LogP contribution in [0.3, 0.4) is 0 Å². The Labute approximate surface area is 124 Å². The van der Waals surface area contributed by atoms with Gasteiger partial charge in [-0.3, -0.25) is 0 Å². The number of nitrogens with one attached hydrogen (secondary N) is 1. The maximum Gasteiger partial charge on any atom is 0.127 e. The van der Waals surface area contributed by atoms with Crippen molar-refractivity contribution in [3.63, 3.8) is 0 Å². The molecule has 0 radical (unpaired) electrons. The maximum atomic E-state index is 13.8. The third-order valence-electron chi connectivity index (χ3n) is 4.17. The standard InChI is InChI=1S/C16H23BrFN/c1-2-19-16(13-5-3-4-6-13)10-8-12-7-9-14(17)11-15(12)18/h7,9,11,13,16,19H,2-6,8,10H2,1H3. The van der Waals surface area contributed by atoms with Crippen LogP contribution in [0.5, 0.6) is 0 Å². The molecule has 1 aliphatic carbocycles. The van der Waals surface area contributed by atoms with E-state index in [1.807, 2.05) is 12.1 Å². The van der Waals surface area contributed by atoms with E-state index in [-0.39, 0.29) is 5.82 Å². The Morgan fingerprint density at radius 1 is 1.37 bits per heavy atom. The number of benzene rings is 1. The summed E-state index contributed by atoms with van der Waals surface area (Å²) in [6.07, 6.45) is 7.25. The molecule has 1 unspecified atom stereocenters. The van der Waals surface area contributed by atoms with Crippen molar-refractivity contribution in [2.75, 3.05) is 6.54 Å². The molecule has 0 bridgehead atoms. The molecular weight excluding hydrogens is 305 g/mol. The van der Waals surface area contributed by atoms with E-state index in [9.17, 15) is 4.39 Å². The molecule has 0 aromatic heterocycles. The molecule has 1 N–H and O–H groups in total. The van der Waals surface area contributed by atoms with Gasteiger partial charge in [-0.25, -0.2) is 4.39 Å². The molecule has 0 amide bonds. The van der Waals surface area contributed by atoms with Gasteiger partial charge in [0, 0.05) is 10.5 Å². The van der Waals surface area contributed by atoms with Gasteiger partial charge >= 0.3 is 0 Å². The summed E-state index contributed by atoms with van der Waals surface area (Å²) in [7, 11) is 0. The lowest BCUT2D eigenvalue weighted by atomic mass is 9.92. The van der Waals surface area contributed by atoms with E-state index in [0.717, 1.165) is 35.3 Å². The first-order valence-corrected chi connectivity index (χ1v) is 8.17. The first-order chi connectivity index (χ1) is 9.20. The minimum absolute atomic E-state index is 0.0870. The number of hydrogen-bond donors (Lipinski definition) is 1. The fourth-order valence-electron chi connectivity index (χ4n) is 3.16. The summed E-state index contributed by atoms with van der Waals surface area (Å²) >= 11 is 3.30. The van der Waals surface area contributed by atoms with Crippen molar-refractivity contribution in [3.05, 3.63) is 34.1 Å². The molecule has 3 heteroatoms. The number of hydrogen-bond acceptors (Lipinski definition) is 1. The highest BCUT2D eigenvalue weighted by Crippen LogP contribution is 2.30. The highest BCUT2D eigenvalue weighted by molar-refractivity contribution is 9.10. The van der Waals surface area contributed by atoms with Crippen LogP contribution in [0.1, 0.15) is 44.6 Å². The van der Waals surface area contributed by atoms with Gasteiger partial charge in [-0.2, -0.15) is 0 Å². The molecule has 1 fully saturated rings. The third-order valence-corrected chi connectivity index (χ3v) is 4.67. The smallest absolute Gasteiger partial charge is 0.127 e. The Balaban J connectivity index is 1.93. The van der Waals surface area contributed by atoms with Gasteiger partial charge in [-0.05, 0) is 55.8 Å². The maximum absolute atomic E-state index is 13.8. The van der Waals surface area contributed by atoms with Crippen LogP contribution in [0.25, 0.3) is 0 Å². The van der Waals surface area contributed by atoms with Crippen LogP contribution in [0.15, 0.2) is 22.7 Å². The summed E-state index contributed by atoms with van der Waals surface area (Å²) in [5, 5.41) is 3.59. The summed E-state index contributed by atoms with van der Waals surface area (Å²) in [6.45, 7) is 3.16. The first kappa shape index (κ1) is 15.0. The van der Waals surface area contributed by atoms with Gasteiger partial charge in [0.15, 0.2) is 0 Å². The van der Waals surface area contributed by atoms with Crippen LogP contribution in [0.2, 0.25) is 0 Å². The van der Waals surface area contributed by atoms with Crippen molar-refractivity contribution in [2.45, 2.75) is 51.5 Å². The Bertz CT molecular complexity index is 402. The molecule has 106 valence electrons. The summed E-state index contributed by atoms with van der Waals surface area (Å²) in [5.74, 6) is 0.703. The average Bonchev–Trinajstić information content (AvgIpc) is 2.90. The lowest BCUT2D eigenvalue weighted by Gasteiger charge is -2.24. The Morgan fingerprint density at radius 2 is 2.11 bits per heavy atom. The van der Waals surface area contributed by atoms with Crippen LogP contribution >= 0.6 is 15.9 Å². The van der Waals surface area contributed by atoms with Gasteiger partial charge in [0.25, 0.3) is 0 Å². The molecule has 1 atom stereocenters. The first-order valence-electron chi connectivity index (χ1n) is 7.38. The molecule has 1 aliphatic rings. The second-order valence-electron chi connectivity index (χ2n) is 5.48. The fourth-order valence-corrected chi connectivity index (χ4v) is 3.49. The molecule has 0 saturated heterocycles. The highest BCUT2D eigenvalue weighted by atomic mass is 79.9. The molecule has 19 heavy (non-hydrogen) atoms. The fraction of sp³-hybridized carbons (Fsp3) is 0.625. The van der Waals surface area contributed by atoms with E-state index in [4.69, 9.17) is 0 Å². The topological polar surface area (TPSA) is 12.0 Å². The third kappa shape index (κ3) is 4.28. The van der Waals surface area contributed by atoms with E-state index in [2.05, 4.69) is 28.2 Å². The minimum Gasteiger partial charge on any atom is -0.314 e. The molecule has 1 nitrogen and oxygen atoms in total. The van der Waals surface area contributed by atoms with Crippen molar-refractivity contribution in [2.24, 2.45) is 5.92 Å². The molecule has 0 spiro atoms. The normalized spacial score (nSPS) is 17.8. The zero-order chi connectivity index (χ0) is 13.7. The molecule has 0 aliphatic heterocycles. The predicted molar refractivity (Wildman–Crippen MR) is 81.8 cm³/mol. The average molecular weight is 328 g/mol. The summed E-state index contributed by atoms with van der Waals surface area (Å²) in [6, 6.07) is 5.94. The van der Waals surface area contributed by atoms with Gasteiger partial charge in [0.2, 0.25) is 0 Å². The lowest BCUT2D eigenvalue weighted by molar-refractivity contribution is 0.345. The van der Waals surface area contributed by atoms with Crippen LogP contribution in [0.4, 0.5) is 4.39 Å². The van der Waals surface area contributed by atoms with E-state index in [0.29, 0.717) is 6.04 Å².